The van der Waals surface area contributed by atoms with Crippen LogP contribution < -0.4 is 9.62 Å². The van der Waals surface area contributed by atoms with Crippen LogP contribution in [0, 0.1) is 23.5 Å². The van der Waals surface area contributed by atoms with Gasteiger partial charge >= 0.3 is 18.4 Å². The number of halogens is 11. The van der Waals surface area contributed by atoms with E-state index in [1.54, 1.807) is 27.0 Å². The van der Waals surface area contributed by atoms with Crippen LogP contribution in [0.5, 0.6) is 0 Å². The number of alkyl halides is 8. The number of aromatic nitrogens is 5. The number of carbonyl (C=O) groups is 3. The molecule has 0 spiro atoms. The van der Waals surface area contributed by atoms with E-state index in [0.717, 1.165) is 25.3 Å². The van der Waals surface area contributed by atoms with E-state index in [1.807, 2.05) is 0 Å². The maximum absolute atomic E-state index is 15.4. The molecule has 13 nitrogen and oxygen atoms in total. The quantitative estimate of drug-likeness (QED) is 0.0474. The Bertz CT molecular complexity index is 2880. The van der Waals surface area contributed by atoms with Gasteiger partial charge in [0, 0.05) is 35.4 Å². The Balaban J connectivity index is 0.00000305. The summed E-state index contributed by atoms with van der Waals surface area (Å²) in [6.07, 6.45) is -9.14. The second-order valence-electron chi connectivity index (χ2n) is 16.5. The zero-order chi connectivity index (χ0) is 53.0. The lowest BCUT2D eigenvalue weighted by molar-refractivity contribution is -0.143. The van der Waals surface area contributed by atoms with Gasteiger partial charge in [-0.15, -0.1) is 11.8 Å². The summed E-state index contributed by atoms with van der Waals surface area (Å²) < 4.78 is 165. The number of fused-ring (bicyclic) bond motifs is 2. The third-order valence-corrected chi connectivity index (χ3v) is 13.0. The van der Waals surface area contributed by atoms with E-state index >= 15 is 8.78 Å². The van der Waals surface area contributed by atoms with Crippen LogP contribution in [-0.4, -0.2) is 82.4 Å². The van der Waals surface area contributed by atoms with Crippen molar-refractivity contribution in [2.24, 2.45) is 0 Å². The van der Waals surface area contributed by atoms with E-state index < -0.39 is 124 Å². The average Bonchev–Trinajstić information content (AvgIpc) is 3.89. The summed E-state index contributed by atoms with van der Waals surface area (Å²) in [5, 5.41) is 16.3. The number of pyridine rings is 1. The van der Waals surface area contributed by atoms with Crippen molar-refractivity contribution >= 4 is 69.5 Å². The number of unbranched alkanes of at least 4 members (excludes halogenated alkanes) is 1. The first-order chi connectivity index (χ1) is 33.1. The van der Waals surface area contributed by atoms with Crippen LogP contribution >= 0.6 is 23.4 Å². The van der Waals surface area contributed by atoms with Crippen molar-refractivity contribution in [1.29, 1.82) is 0 Å². The van der Waals surface area contributed by atoms with Gasteiger partial charge in [-0.25, -0.2) is 22.8 Å². The Morgan fingerprint density at radius 3 is 2.28 bits per heavy atom. The minimum Gasteiger partial charge on any atom is -0.483 e. The van der Waals surface area contributed by atoms with Gasteiger partial charge in [0.05, 0.1) is 39.0 Å². The molecule has 0 saturated heterocycles. The Hall–Kier alpha value is -5.87. The Morgan fingerprint density at radius 2 is 1.70 bits per heavy atom. The van der Waals surface area contributed by atoms with Gasteiger partial charge < -0.3 is 15.2 Å². The van der Waals surface area contributed by atoms with E-state index in [2.05, 4.69) is 27.4 Å². The van der Waals surface area contributed by atoms with Gasteiger partial charge in [0.15, 0.2) is 11.5 Å². The van der Waals surface area contributed by atoms with Gasteiger partial charge in [-0.2, -0.15) is 49.6 Å². The fraction of sp³-hybridized carbons (Fsp3) is 0.422. The molecule has 1 aliphatic carbocycles. The number of benzene rings is 2. The molecule has 3 aromatic heterocycles. The molecule has 1 aliphatic rings. The second-order valence-corrected chi connectivity index (χ2v) is 19.5. The van der Waals surface area contributed by atoms with Crippen LogP contribution in [0.25, 0.3) is 22.0 Å². The zero-order valence-electron chi connectivity index (χ0n) is 38.4. The lowest BCUT2D eigenvalue weighted by Gasteiger charge is -2.23. The first-order valence-electron chi connectivity index (χ1n) is 21.1. The maximum atomic E-state index is 15.4. The number of hydrogen-bond donors (Lipinski definition) is 2. The summed E-state index contributed by atoms with van der Waals surface area (Å²) in [5.41, 5.74) is -4.57. The molecule has 2 amide bonds. The molecule has 2 N–H and O–H groups in total. The maximum Gasteiger partial charge on any atom is 0.435 e. The van der Waals surface area contributed by atoms with Gasteiger partial charge in [0.25, 0.3) is 12.4 Å². The van der Waals surface area contributed by atoms with E-state index in [0.29, 0.717) is 27.9 Å². The van der Waals surface area contributed by atoms with Gasteiger partial charge in [-0.05, 0) is 80.7 Å². The first kappa shape index (κ1) is 56.0. The molecular weight excluding hydrogens is 1020 g/mol. The molecule has 2 aromatic carbocycles. The molecule has 0 bridgehead atoms. The molecule has 5 aromatic rings. The van der Waals surface area contributed by atoms with Gasteiger partial charge in [-0.3, -0.25) is 19.0 Å². The first-order valence-corrected chi connectivity index (χ1v) is 24.2. The molecule has 3 heterocycles. The van der Waals surface area contributed by atoms with Crippen molar-refractivity contribution < 1.29 is 72.3 Å². The summed E-state index contributed by atoms with van der Waals surface area (Å²) in [4.78, 5) is 40.6. The standard InChI is InChI=1S/C44H42ClF10N7O4S2.CH2O2/c1-7-8-15-66-40(64)62(68(6)65)39-34-30(45)12-11-29(36(34)61(59-39)22-43(50,51)52)28-10-9-27(13-14-41(3,4)67-5)56-35(28)31(18-24-16-25(46)19-26(47)17-24)57-32(63)21-60-38-33(23(2)20-42(38,48)49)37(58-60)44(53,54)55;2-1-3/h9-12,16-17,19,23,31H,7-8,15,18,20-22H2,1-6H3,(H,57,63);1H,(H,2,3)/t23-,31?,68?;/m0./s1. The average molecular weight is 1070 g/mol. The Labute approximate surface area is 411 Å². The summed E-state index contributed by atoms with van der Waals surface area (Å²) in [6.45, 7) is 3.12. The number of rotatable bonds is 14. The lowest BCUT2D eigenvalue weighted by atomic mass is 9.93. The van der Waals surface area contributed by atoms with Gasteiger partial charge in [-0.1, -0.05) is 43.9 Å². The molecule has 6 rings (SSSR count). The highest BCUT2D eigenvalue weighted by atomic mass is 35.5. The number of thioether (sulfide) groups is 1. The van der Waals surface area contributed by atoms with E-state index in [1.165, 1.54) is 36.0 Å². The van der Waals surface area contributed by atoms with Crippen molar-refractivity contribution in [2.45, 2.75) is 101 Å². The number of anilines is 1. The topological polar surface area (TPSA) is 162 Å². The summed E-state index contributed by atoms with van der Waals surface area (Å²) in [6, 6.07) is 5.95. The highest BCUT2D eigenvalue weighted by molar-refractivity contribution is 8.00. The number of hydrogen-bond acceptors (Lipinski definition) is 9. The number of carbonyl (C=O) groups excluding carboxylic acids is 2. The molecule has 0 fully saturated rings. The molecule has 0 aliphatic heterocycles. The van der Waals surface area contributed by atoms with E-state index in [-0.39, 0.29) is 56.2 Å². The zero-order valence-corrected chi connectivity index (χ0v) is 40.8. The molecular formula is C45H44ClF10N7O6S2. The van der Waals surface area contributed by atoms with Crippen LogP contribution in [-0.2, 0) is 56.9 Å². The molecule has 71 heavy (non-hydrogen) atoms. The fourth-order valence-electron chi connectivity index (χ4n) is 7.68. The van der Waals surface area contributed by atoms with Gasteiger partial charge in [0.1, 0.15) is 47.1 Å². The van der Waals surface area contributed by atoms with Crippen molar-refractivity contribution in [3.63, 3.8) is 0 Å². The van der Waals surface area contributed by atoms with Crippen LogP contribution in [0.1, 0.15) is 92.8 Å². The highest BCUT2D eigenvalue weighted by Crippen LogP contribution is 2.52. The van der Waals surface area contributed by atoms with Gasteiger partial charge in [0.2, 0.25) is 5.91 Å². The van der Waals surface area contributed by atoms with Crippen molar-refractivity contribution in [3.8, 4) is 23.0 Å². The molecule has 2 unspecified atom stereocenters. The predicted octanol–water partition coefficient (Wildman–Crippen LogP) is 10.7. The Morgan fingerprint density at radius 1 is 1.07 bits per heavy atom. The van der Waals surface area contributed by atoms with E-state index in [9.17, 15) is 48.9 Å². The van der Waals surface area contributed by atoms with Crippen LogP contribution in [0.3, 0.4) is 0 Å². The highest BCUT2D eigenvalue weighted by Gasteiger charge is 2.53. The second kappa shape index (κ2) is 22.3. The van der Waals surface area contributed by atoms with Crippen LogP contribution in [0.4, 0.5) is 54.5 Å². The minimum atomic E-state index is -5.18. The van der Waals surface area contributed by atoms with Crippen molar-refractivity contribution in [3.05, 3.63) is 93.0 Å². The molecule has 384 valence electrons. The minimum absolute atomic E-state index is 0.000895. The molecule has 26 heteroatoms. The summed E-state index contributed by atoms with van der Waals surface area (Å²) in [7, 11) is -2.31. The molecule has 3 atom stereocenters. The predicted molar refractivity (Wildman–Crippen MR) is 245 cm³/mol. The monoisotopic (exact) mass is 1070 g/mol. The fourth-order valence-corrected chi connectivity index (χ4v) is 8.70. The normalized spacial score (nSPS) is 15.2. The molecule has 0 radical (unpaired) electrons. The summed E-state index contributed by atoms with van der Waals surface area (Å²) in [5.74, 6) is -3.16. The largest absolute Gasteiger partial charge is 0.483 e. The van der Waals surface area contributed by atoms with Crippen molar-refractivity contribution in [2.75, 3.05) is 23.4 Å². The van der Waals surface area contributed by atoms with Crippen LogP contribution in [0.2, 0.25) is 5.02 Å². The number of carboxylic acid groups (broad SMARTS) is 1. The SMILES string of the molecule is CCCCOC(=O)N(c1nn(CC(F)(F)F)c2c(-c3ccc(C#CC(C)(C)SC)nc3C(Cc3cc(F)cc(F)c3)NC(=O)Cn3nc(C(F)(F)F)c4c3C(F)(F)C[C@@H]4C)ccc(Cl)c12)S(C)=O.O=CO. The number of nitrogens with zero attached hydrogens (tertiary/aromatic N) is 6. The third-order valence-electron chi connectivity index (χ3n) is 10.7. The Kier molecular flexibility index (Phi) is 17.6. The van der Waals surface area contributed by atoms with E-state index in [4.69, 9.17) is 31.2 Å². The number of amides is 2. The smallest absolute Gasteiger partial charge is 0.435 e. The van der Waals surface area contributed by atoms with Crippen molar-refractivity contribution in [1.82, 2.24) is 29.9 Å². The number of ether oxygens (including phenoxy) is 1. The lowest BCUT2D eigenvalue weighted by Crippen LogP contribution is -2.35. The summed E-state index contributed by atoms with van der Waals surface area (Å²) >= 11 is 8.06. The van der Waals surface area contributed by atoms with Crippen LogP contribution in [0.15, 0.2) is 42.5 Å². The molecule has 0 saturated carbocycles. The third kappa shape index (κ3) is 13.4. The number of nitrogens with one attached hydrogen (secondary N) is 1.